The van der Waals surface area contributed by atoms with E-state index in [1.54, 1.807) is 20.8 Å². The molecule has 4 heteroatoms. The smallest absolute Gasteiger partial charge is 0.284 e. The third-order valence-corrected chi connectivity index (χ3v) is 1.78. The van der Waals surface area contributed by atoms with Crippen LogP contribution in [0.5, 0.6) is 0 Å². The second-order valence-corrected chi connectivity index (χ2v) is 3.66. The SMILES string of the molecule is C=C(/C=C(\C=C(C)C)C(=O)C(F)(F)F)CC. The van der Waals surface area contributed by atoms with Gasteiger partial charge < -0.3 is 0 Å². The molecule has 0 aromatic rings. The Morgan fingerprint density at radius 2 is 1.75 bits per heavy atom. The summed E-state index contributed by atoms with van der Waals surface area (Å²) in [6, 6.07) is 0. The molecule has 0 spiro atoms. The highest BCUT2D eigenvalue weighted by Gasteiger charge is 2.39. The van der Waals surface area contributed by atoms with E-state index in [-0.39, 0.29) is 5.57 Å². The fourth-order valence-corrected chi connectivity index (χ4v) is 0.969. The molecular weight excluding hydrogens is 217 g/mol. The summed E-state index contributed by atoms with van der Waals surface area (Å²) in [4.78, 5) is 11.1. The minimum atomic E-state index is -4.84. The Balaban J connectivity index is 5.28. The number of halogens is 3. The van der Waals surface area contributed by atoms with E-state index in [0.717, 1.165) is 0 Å². The first-order valence-corrected chi connectivity index (χ1v) is 4.84. The van der Waals surface area contributed by atoms with Gasteiger partial charge in [-0.3, -0.25) is 4.79 Å². The molecule has 0 aliphatic heterocycles. The first kappa shape index (κ1) is 14.7. The zero-order chi connectivity index (χ0) is 12.9. The van der Waals surface area contributed by atoms with E-state index < -0.39 is 12.0 Å². The molecule has 0 bridgehead atoms. The summed E-state index contributed by atoms with van der Waals surface area (Å²) in [5, 5.41) is 0. The summed E-state index contributed by atoms with van der Waals surface area (Å²) < 4.78 is 36.8. The molecule has 0 amide bonds. The summed E-state index contributed by atoms with van der Waals surface area (Å²) in [7, 11) is 0. The first-order chi connectivity index (χ1) is 7.18. The van der Waals surface area contributed by atoms with Gasteiger partial charge in [0.2, 0.25) is 0 Å². The van der Waals surface area contributed by atoms with Crippen molar-refractivity contribution < 1.29 is 18.0 Å². The Morgan fingerprint density at radius 3 is 2.06 bits per heavy atom. The maximum atomic E-state index is 12.3. The van der Waals surface area contributed by atoms with Crippen LogP contribution in [-0.4, -0.2) is 12.0 Å². The second kappa shape index (κ2) is 5.68. The van der Waals surface area contributed by atoms with Crippen molar-refractivity contribution in [3.8, 4) is 0 Å². The molecule has 0 saturated heterocycles. The van der Waals surface area contributed by atoms with E-state index in [1.165, 1.54) is 12.2 Å². The lowest BCUT2D eigenvalue weighted by Crippen LogP contribution is -2.24. The number of rotatable bonds is 4. The molecule has 0 aromatic heterocycles. The van der Waals surface area contributed by atoms with Crippen LogP contribution in [0.4, 0.5) is 13.2 Å². The summed E-state index contributed by atoms with van der Waals surface area (Å²) in [6.45, 7) is 8.58. The second-order valence-electron chi connectivity index (χ2n) is 3.66. The lowest BCUT2D eigenvalue weighted by molar-refractivity contribution is -0.166. The lowest BCUT2D eigenvalue weighted by atomic mass is 10.0. The van der Waals surface area contributed by atoms with Gasteiger partial charge in [-0.1, -0.05) is 30.7 Å². The van der Waals surface area contributed by atoms with E-state index >= 15 is 0 Å². The minimum absolute atomic E-state index is 0.362. The molecule has 0 rings (SSSR count). The van der Waals surface area contributed by atoms with Crippen molar-refractivity contribution in [3.05, 3.63) is 35.5 Å². The summed E-state index contributed by atoms with van der Waals surface area (Å²) in [6.07, 6.45) is -1.93. The summed E-state index contributed by atoms with van der Waals surface area (Å²) in [5.41, 5.74) is 0.761. The van der Waals surface area contributed by atoms with Crippen molar-refractivity contribution in [2.75, 3.05) is 0 Å². The van der Waals surface area contributed by atoms with E-state index in [1.807, 2.05) is 0 Å². The molecule has 0 heterocycles. The average molecular weight is 232 g/mol. The predicted octanol–water partition coefficient (Wildman–Crippen LogP) is 3.98. The third kappa shape index (κ3) is 4.96. The Kier molecular flexibility index (Phi) is 5.21. The fraction of sp³-hybridized carbons (Fsp3) is 0.417. The number of hydrogen-bond acceptors (Lipinski definition) is 1. The molecule has 0 unspecified atom stereocenters. The van der Waals surface area contributed by atoms with Gasteiger partial charge in [0.15, 0.2) is 0 Å². The van der Waals surface area contributed by atoms with Gasteiger partial charge in [0, 0.05) is 5.57 Å². The topological polar surface area (TPSA) is 17.1 Å². The van der Waals surface area contributed by atoms with Gasteiger partial charge >= 0.3 is 6.18 Å². The minimum Gasteiger partial charge on any atom is -0.284 e. The number of alkyl halides is 3. The maximum absolute atomic E-state index is 12.3. The lowest BCUT2D eigenvalue weighted by Gasteiger charge is -2.07. The number of carbonyl (C=O) groups excluding carboxylic acids is 1. The van der Waals surface area contributed by atoms with Crippen molar-refractivity contribution >= 4 is 5.78 Å². The molecule has 1 nitrogen and oxygen atoms in total. The van der Waals surface area contributed by atoms with Gasteiger partial charge in [-0.2, -0.15) is 13.2 Å². The normalized spacial score (nSPS) is 12.2. The van der Waals surface area contributed by atoms with Gasteiger partial charge in [-0.15, -0.1) is 0 Å². The Morgan fingerprint density at radius 1 is 1.25 bits per heavy atom. The van der Waals surface area contributed by atoms with E-state index in [9.17, 15) is 18.0 Å². The number of hydrogen-bond donors (Lipinski definition) is 0. The predicted molar refractivity (Wildman–Crippen MR) is 58.0 cm³/mol. The van der Waals surface area contributed by atoms with Gasteiger partial charge in [0.05, 0.1) is 0 Å². The Hall–Kier alpha value is -1.32. The highest BCUT2D eigenvalue weighted by atomic mass is 19.4. The van der Waals surface area contributed by atoms with Crippen LogP contribution in [0.15, 0.2) is 35.5 Å². The number of carbonyl (C=O) groups is 1. The van der Waals surface area contributed by atoms with E-state index in [2.05, 4.69) is 6.58 Å². The van der Waals surface area contributed by atoms with Crippen molar-refractivity contribution in [2.45, 2.75) is 33.4 Å². The zero-order valence-electron chi connectivity index (χ0n) is 9.61. The molecule has 16 heavy (non-hydrogen) atoms. The summed E-state index contributed by atoms with van der Waals surface area (Å²) >= 11 is 0. The van der Waals surface area contributed by atoms with Crippen LogP contribution in [0.2, 0.25) is 0 Å². The number of allylic oxidation sites excluding steroid dienone is 5. The van der Waals surface area contributed by atoms with Crippen LogP contribution < -0.4 is 0 Å². The van der Waals surface area contributed by atoms with Crippen LogP contribution in [0.3, 0.4) is 0 Å². The van der Waals surface area contributed by atoms with Gasteiger partial charge in [0.1, 0.15) is 0 Å². The first-order valence-electron chi connectivity index (χ1n) is 4.84. The average Bonchev–Trinajstić information content (AvgIpc) is 2.13. The molecule has 0 aromatic carbocycles. The standard InChI is InChI=1S/C12H15F3O/c1-5-9(4)7-10(6-8(2)3)11(16)12(13,14)15/h6-7H,4-5H2,1-3H3/b10-7+. The monoisotopic (exact) mass is 232 g/mol. The zero-order valence-corrected chi connectivity index (χ0v) is 9.61. The van der Waals surface area contributed by atoms with Crippen LogP contribution in [0, 0.1) is 0 Å². The van der Waals surface area contributed by atoms with E-state index in [4.69, 9.17) is 0 Å². The largest absolute Gasteiger partial charge is 0.454 e. The van der Waals surface area contributed by atoms with Crippen molar-refractivity contribution in [3.63, 3.8) is 0 Å². The number of Topliss-reactive ketones (excluding diaryl/α,β-unsaturated/α-hetero) is 1. The molecule has 0 fully saturated rings. The number of ketones is 1. The molecule has 0 saturated carbocycles. The molecule has 0 aliphatic carbocycles. The molecule has 0 aliphatic rings. The molecule has 0 N–H and O–H groups in total. The maximum Gasteiger partial charge on any atom is 0.454 e. The van der Waals surface area contributed by atoms with Crippen LogP contribution in [0.1, 0.15) is 27.2 Å². The van der Waals surface area contributed by atoms with Crippen LogP contribution >= 0.6 is 0 Å². The van der Waals surface area contributed by atoms with Crippen molar-refractivity contribution in [1.82, 2.24) is 0 Å². The highest BCUT2D eigenvalue weighted by Crippen LogP contribution is 2.23. The van der Waals surface area contributed by atoms with Crippen LogP contribution in [-0.2, 0) is 4.79 Å². The Bertz CT molecular complexity index is 342. The van der Waals surface area contributed by atoms with Gasteiger partial charge in [0.25, 0.3) is 5.78 Å². The molecule has 0 atom stereocenters. The van der Waals surface area contributed by atoms with Crippen molar-refractivity contribution in [1.29, 1.82) is 0 Å². The fourth-order valence-electron chi connectivity index (χ4n) is 0.969. The van der Waals surface area contributed by atoms with Crippen LogP contribution in [0.25, 0.3) is 0 Å². The third-order valence-electron chi connectivity index (χ3n) is 1.78. The highest BCUT2D eigenvalue weighted by molar-refractivity contribution is 6.02. The summed E-state index contributed by atoms with van der Waals surface area (Å²) in [5.74, 6) is -1.83. The van der Waals surface area contributed by atoms with Gasteiger partial charge in [-0.25, -0.2) is 0 Å². The molecule has 0 radical (unpaired) electrons. The molecular formula is C12H15F3O. The molecule has 90 valence electrons. The van der Waals surface area contributed by atoms with Crippen molar-refractivity contribution in [2.24, 2.45) is 0 Å². The Labute approximate surface area is 93.3 Å². The quantitative estimate of drug-likeness (QED) is 0.529. The van der Waals surface area contributed by atoms with Gasteiger partial charge in [-0.05, 0) is 26.3 Å². The van der Waals surface area contributed by atoms with E-state index in [0.29, 0.717) is 17.6 Å².